The Hall–Kier alpha value is -1.35. The molecule has 2 saturated heterocycles. The van der Waals surface area contributed by atoms with Crippen molar-refractivity contribution in [1.29, 1.82) is 0 Å². The van der Waals surface area contributed by atoms with Gasteiger partial charge in [-0.3, -0.25) is 9.69 Å². The molecule has 0 bridgehead atoms. The Morgan fingerprint density at radius 3 is 2.79 bits per heavy atom. The Balaban J connectivity index is 1.67. The largest absolute Gasteiger partial charge is 0.338 e. The van der Waals surface area contributed by atoms with Gasteiger partial charge in [-0.15, -0.1) is 0 Å². The van der Waals surface area contributed by atoms with Crippen LogP contribution >= 0.6 is 0 Å². The lowest BCUT2D eigenvalue weighted by atomic mass is 9.92. The van der Waals surface area contributed by atoms with Crippen molar-refractivity contribution < 1.29 is 4.79 Å². The van der Waals surface area contributed by atoms with Gasteiger partial charge >= 0.3 is 0 Å². The van der Waals surface area contributed by atoms with Crippen molar-refractivity contribution in [3.8, 4) is 0 Å². The van der Waals surface area contributed by atoms with Crippen LogP contribution in [0.4, 0.5) is 0 Å². The topological polar surface area (TPSA) is 23.6 Å². The van der Waals surface area contributed by atoms with Crippen LogP contribution in [0.2, 0.25) is 0 Å². The molecule has 0 N–H and O–H groups in total. The Kier molecular flexibility index (Phi) is 3.56. The summed E-state index contributed by atoms with van der Waals surface area (Å²) in [5, 5.41) is 0. The van der Waals surface area contributed by atoms with Gasteiger partial charge in [0, 0.05) is 39.1 Å². The SMILES string of the molecule is CC(=O)N1CCCC2CN(Cc3ccccc3)CC21. The number of likely N-dealkylation sites (tertiary alicyclic amines) is 2. The van der Waals surface area contributed by atoms with E-state index in [1.54, 1.807) is 6.92 Å². The predicted octanol–water partition coefficient (Wildman–Crippen LogP) is 2.13. The number of rotatable bonds is 2. The second kappa shape index (κ2) is 5.33. The molecule has 3 rings (SSSR count). The zero-order valence-electron chi connectivity index (χ0n) is 11.6. The van der Waals surface area contributed by atoms with Crippen molar-refractivity contribution in [2.75, 3.05) is 19.6 Å². The number of carbonyl (C=O) groups excluding carboxylic acids is 1. The lowest BCUT2D eigenvalue weighted by molar-refractivity contribution is -0.133. The van der Waals surface area contributed by atoms with Crippen LogP contribution in [0.1, 0.15) is 25.3 Å². The van der Waals surface area contributed by atoms with Gasteiger partial charge in [-0.2, -0.15) is 0 Å². The van der Waals surface area contributed by atoms with Gasteiger partial charge in [-0.05, 0) is 24.3 Å². The van der Waals surface area contributed by atoms with Crippen LogP contribution in [0.25, 0.3) is 0 Å². The molecule has 2 heterocycles. The molecule has 2 aliphatic rings. The second-order valence-electron chi connectivity index (χ2n) is 5.86. The van der Waals surface area contributed by atoms with Gasteiger partial charge < -0.3 is 4.90 Å². The first kappa shape index (κ1) is 12.7. The highest BCUT2D eigenvalue weighted by Gasteiger charge is 2.39. The van der Waals surface area contributed by atoms with Gasteiger partial charge in [0.1, 0.15) is 0 Å². The molecule has 0 aliphatic carbocycles. The molecule has 2 aliphatic heterocycles. The summed E-state index contributed by atoms with van der Waals surface area (Å²) in [6.45, 7) is 5.86. The van der Waals surface area contributed by atoms with Crippen molar-refractivity contribution in [3.63, 3.8) is 0 Å². The zero-order chi connectivity index (χ0) is 13.2. The third kappa shape index (κ3) is 2.66. The lowest BCUT2D eigenvalue weighted by Crippen LogP contribution is -2.47. The first-order chi connectivity index (χ1) is 9.24. The van der Waals surface area contributed by atoms with Crippen molar-refractivity contribution >= 4 is 5.91 Å². The molecule has 2 fully saturated rings. The monoisotopic (exact) mass is 258 g/mol. The Bertz CT molecular complexity index is 445. The highest BCUT2D eigenvalue weighted by Crippen LogP contribution is 2.31. The van der Waals surface area contributed by atoms with Gasteiger partial charge in [0.25, 0.3) is 0 Å². The van der Waals surface area contributed by atoms with Crippen LogP contribution in [-0.4, -0.2) is 41.4 Å². The number of hydrogen-bond donors (Lipinski definition) is 0. The first-order valence-electron chi connectivity index (χ1n) is 7.27. The molecule has 2 atom stereocenters. The van der Waals surface area contributed by atoms with E-state index in [-0.39, 0.29) is 5.91 Å². The number of amides is 1. The quantitative estimate of drug-likeness (QED) is 0.811. The molecule has 1 aromatic rings. The van der Waals surface area contributed by atoms with Crippen LogP contribution in [-0.2, 0) is 11.3 Å². The van der Waals surface area contributed by atoms with E-state index in [1.807, 2.05) is 0 Å². The van der Waals surface area contributed by atoms with Gasteiger partial charge in [-0.25, -0.2) is 0 Å². The summed E-state index contributed by atoms with van der Waals surface area (Å²) in [5.74, 6) is 0.928. The number of hydrogen-bond acceptors (Lipinski definition) is 2. The maximum absolute atomic E-state index is 11.7. The van der Waals surface area contributed by atoms with Crippen LogP contribution in [0, 0.1) is 5.92 Å². The number of fused-ring (bicyclic) bond motifs is 1. The summed E-state index contributed by atoms with van der Waals surface area (Å²) in [6.07, 6.45) is 2.44. The molecule has 102 valence electrons. The fraction of sp³-hybridized carbons (Fsp3) is 0.562. The summed E-state index contributed by atoms with van der Waals surface area (Å²) in [6, 6.07) is 11.1. The molecule has 2 unspecified atom stereocenters. The van der Waals surface area contributed by atoms with Crippen molar-refractivity contribution in [1.82, 2.24) is 9.80 Å². The van der Waals surface area contributed by atoms with E-state index in [0.29, 0.717) is 12.0 Å². The lowest BCUT2D eigenvalue weighted by Gasteiger charge is -2.36. The van der Waals surface area contributed by atoms with Crippen molar-refractivity contribution in [2.45, 2.75) is 32.4 Å². The number of piperidine rings is 1. The van der Waals surface area contributed by atoms with Crippen LogP contribution in [0.3, 0.4) is 0 Å². The van der Waals surface area contributed by atoms with E-state index in [2.05, 4.69) is 40.1 Å². The average molecular weight is 258 g/mol. The molecule has 0 spiro atoms. The maximum atomic E-state index is 11.7. The van der Waals surface area contributed by atoms with E-state index < -0.39 is 0 Å². The average Bonchev–Trinajstić information content (AvgIpc) is 2.81. The Labute approximate surface area is 115 Å². The third-order valence-corrected chi connectivity index (χ3v) is 4.51. The van der Waals surface area contributed by atoms with E-state index in [9.17, 15) is 4.79 Å². The van der Waals surface area contributed by atoms with Gasteiger partial charge in [0.15, 0.2) is 0 Å². The molecular formula is C16H22N2O. The van der Waals surface area contributed by atoms with Gasteiger partial charge in [0.05, 0.1) is 0 Å². The molecule has 3 heteroatoms. The molecule has 0 aromatic heterocycles. The van der Waals surface area contributed by atoms with Gasteiger partial charge in [0.2, 0.25) is 5.91 Å². The van der Waals surface area contributed by atoms with Crippen LogP contribution < -0.4 is 0 Å². The van der Waals surface area contributed by atoms with Crippen LogP contribution in [0.5, 0.6) is 0 Å². The van der Waals surface area contributed by atoms with Crippen LogP contribution in [0.15, 0.2) is 30.3 Å². The highest BCUT2D eigenvalue weighted by molar-refractivity contribution is 5.73. The molecule has 1 amide bonds. The van der Waals surface area contributed by atoms with Gasteiger partial charge in [-0.1, -0.05) is 30.3 Å². The Morgan fingerprint density at radius 1 is 1.26 bits per heavy atom. The maximum Gasteiger partial charge on any atom is 0.219 e. The number of benzene rings is 1. The molecular weight excluding hydrogens is 236 g/mol. The molecule has 3 nitrogen and oxygen atoms in total. The molecule has 1 aromatic carbocycles. The van der Waals surface area contributed by atoms with Crippen molar-refractivity contribution in [2.24, 2.45) is 5.92 Å². The number of nitrogens with zero attached hydrogens (tertiary/aromatic N) is 2. The fourth-order valence-electron chi connectivity index (χ4n) is 3.63. The molecule has 0 radical (unpaired) electrons. The minimum Gasteiger partial charge on any atom is -0.338 e. The highest BCUT2D eigenvalue weighted by atomic mass is 16.2. The summed E-state index contributed by atoms with van der Waals surface area (Å²) in [4.78, 5) is 16.3. The van der Waals surface area contributed by atoms with Crippen molar-refractivity contribution in [3.05, 3.63) is 35.9 Å². The predicted molar refractivity (Wildman–Crippen MR) is 75.6 cm³/mol. The summed E-state index contributed by atoms with van der Waals surface area (Å²) in [7, 11) is 0. The Morgan fingerprint density at radius 2 is 2.05 bits per heavy atom. The first-order valence-corrected chi connectivity index (χ1v) is 7.27. The third-order valence-electron chi connectivity index (χ3n) is 4.51. The molecule has 0 saturated carbocycles. The van der Waals surface area contributed by atoms with E-state index in [1.165, 1.54) is 18.4 Å². The minimum atomic E-state index is 0.247. The summed E-state index contributed by atoms with van der Waals surface area (Å²) < 4.78 is 0. The normalized spacial score (nSPS) is 27.3. The van der Waals surface area contributed by atoms with E-state index in [4.69, 9.17) is 0 Å². The van der Waals surface area contributed by atoms with E-state index in [0.717, 1.165) is 26.2 Å². The standard InChI is InChI=1S/C16H22N2O/c1-13(19)18-9-5-8-15-11-17(12-16(15)18)10-14-6-3-2-4-7-14/h2-4,6-7,15-16H,5,8-12H2,1H3. The smallest absolute Gasteiger partial charge is 0.219 e. The van der Waals surface area contributed by atoms with E-state index >= 15 is 0 Å². The summed E-state index contributed by atoms with van der Waals surface area (Å²) in [5.41, 5.74) is 1.37. The molecule has 19 heavy (non-hydrogen) atoms. The zero-order valence-corrected chi connectivity index (χ0v) is 11.6. The second-order valence-corrected chi connectivity index (χ2v) is 5.86. The minimum absolute atomic E-state index is 0.247. The summed E-state index contributed by atoms with van der Waals surface area (Å²) >= 11 is 0. The number of carbonyl (C=O) groups is 1. The fourth-order valence-corrected chi connectivity index (χ4v) is 3.63.